The second-order valence-electron chi connectivity index (χ2n) is 6.28. The molecule has 0 fully saturated rings. The predicted octanol–water partition coefficient (Wildman–Crippen LogP) is 3.55. The first-order valence-electron chi connectivity index (χ1n) is 8.34. The highest BCUT2D eigenvalue weighted by Gasteiger charge is 2.28. The van der Waals surface area contributed by atoms with Crippen molar-refractivity contribution in [1.29, 1.82) is 0 Å². The molecule has 0 spiro atoms. The molecular formula is C18H18F3N5O2. The van der Waals surface area contributed by atoms with E-state index in [1.165, 1.54) is 10.7 Å². The first-order chi connectivity index (χ1) is 13.2. The predicted molar refractivity (Wildman–Crippen MR) is 95.0 cm³/mol. The zero-order chi connectivity index (χ0) is 20.3. The largest absolute Gasteiger partial charge is 0.471 e. The Morgan fingerprint density at radius 3 is 2.75 bits per heavy atom. The number of ether oxygens (including phenoxy) is 1. The van der Waals surface area contributed by atoms with Crippen LogP contribution in [0.1, 0.15) is 21.6 Å². The van der Waals surface area contributed by atoms with Crippen LogP contribution in [0, 0.1) is 13.8 Å². The van der Waals surface area contributed by atoms with Gasteiger partial charge in [-0.3, -0.25) is 9.48 Å². The van der Waals surface area contributed by atoms with Crippen molar-refractivity contribution in [3.8, 4) is 5.75 Å². The molecule has 0 bridgehead atoms. The second-order valence-corrected chi connectivity index (χ2v) is 6.28. The Hall–Kier alpha value is -3.30. The third kappa shape index (κ3) is 5.12. The molecular weight excluding hydrogens is 375 g/mol. The van der Waals surface area contributed by atoms with Crippen molar-refractivity contribution in [3.63, 3.8) is 0 Å². The van der Waals surface area contributed by atoms with E-state index in [-0.39, 0.29) is 18.1 Å². The second kappa shape index (κ2) is 7.75. The minimum Gasteiger partial charge on any atom is -0.471 e. The van der Waals surface area contributed by atoms with Crippen LogP contribution in [0.5, 0.6) is 5.75 Å². The highest BCUT2D eigenvalue weighted by Crippen LogP contribution is 2.20. The Bertz CT molecular complexity index is 978. The van der Waals surface area contributed by atoms with Gasteiger partial charge in [0.25, 0.3) is 5.91 Å². The number of amides is 1. The molecule has 1 amide bonds. The normalized spacial score (nSPS) is 11.5. The lowest BCUT2D eigenvalue weighted by molar-refractivity contribution is -0.142. The Balaban J connectivity index is 1.59. The molecule has 2 aromatic heterocycles. The van der Waals surface area contributed by atoms with E-state index < -0.39 is 18.6 Å². The van der Waals surface area contributed by atoms with Gasteiger partial charge in [-0.25, -0.2) is 4.68 Å². The summed E-state index contributed by atoms with van der Waals surface area (Å²) in [6.45, 7) is 2.77. The minimum atomic E-state index is -4.39. The maximum atomic E-state index is 12.4. The number of nitrogens with zero attached hydrogens (tertiary/aromatic N) is 4. The Morgan fingerprint density at radius 1 is 1.21 bits per heavy atom. The van der Waals surface area contributed by atoms with Crippen molar-refractivity contribution < 1.29 is 22.7 Å². The number of hydrogen-bond donors (Lipinski definition) is 1. The molecule has 7 nitrogen and oxygen atoms in total. The molecule has 0 aliphatic heterocycles. The van der Waals surface area contributed by atoms with Crippen molar-refractivity contribution in [2.45, 2.75) is 33.3 Å². The standard InChI is InChI=1S/C18H18F3N5O2/c1-12-3-4-13(2)16(7-12)28-11-25-6-5-15(24-25)17(27)23-14-8-22-26(9-14)10-18(19,20)21/h3-9H,10-11H2,1-2H3,(H,23,27). The third-order valence-corrected chi connectivity index (χ3v) is 3.80. The van der Waals surface area contributed by atoms with Crippen LogP contribution < -0.4 is 10.1 Å². The number of nitrogens with one attached hydrogen (secondary N) is 1. The van der Waals surface area contributed by atoms with Crippen LogP contribution in [0.25, 0.3) is 0 Å². The van der Waals surface area contributed by atoms with E-state index in [4.69, 9.17) is 4.74 Å². The minimum absolute atomic E-state index is 0.105. The number of carbonyl (C=O) groups is 1. The summed E-state index contributed by atoms with van der Waals surface area (Å²) in [5.74, 6) is 0.163. The van der Waals surface area contributed by atoms with Crippen LogP contribution >= 0.6 is 0 Å². The molecule has 0 saturated heterocycles. The summed E-state index contributed by atoms with van der Waals surface area (Å²) in [5.41, 5.74) is 2.29. The van der Waals surface area contributed by atoms with Gasteiger partial charge in [-0.05, 0) is 37.1 Å². The summed E-state index contributed by atoms with van der Waals surface area (Å²) >= 11 is 0. The molecule has 0 atom stereocenters. The summed E-state index contributed by atoms with van der Waals surface area (Å²) in [4.78, 5) is 12.2. The number of carbonyl (C=O) groups excluding carboxylic acids is 1. The summed E-state index contributed by atoms with van der Waals surface area (Å²) in [6.07, 6.45) is -0.564. The van der Waals surface area contributed by atoms with Crippen molar-refractivity contribution in [1.82, 2.24) is 19.6 Å². The monoisotopic (exact) mass is 393 g/mol. The molecule has 0 unspecified atom stereocenters. The Labute approximate surface area is 158 Å². The molecule has 10 heteroatoms. The van der Waals surface area contributed by atoms with Crippen LogP contribution in [-0.2, 0) is 13.3 Å². The van der Waals surface area contributed by atoms with Crippen LogP contribution in [0.2, 0.25) is 0 Å². The summed E-state index contributed by atoms with van der Waals surface area (Å²) in [7, 11) is 0. The van der Waals surface area contributed by atoms with Gasteiger partial charge in [-0.15, -0.1) is 0 Å². The van der Waals surface area contributed by atoms with Crippen LogP contribution in [0.4, 0.5) is 18.9 Å². The zero-order valence-corrected chi connectivity index (χ0v) is 15.2. The molecule has 0 aliphatic carbocycles. The lowest BCUT2D eigenvalue weighted by atomic mass is 10.1. The van der Waals surface area contributed by atoms with Gasteiger partial charge in [0, 0.05) is 12.4 Å². The lowest BCUT2D eigenvalue weighted by Gasteiger charge is -2.09. The van der Waals surface area contributed by atoms with Gasteiger partial charge in [0.15, 0.2) is 12.4 Å². The van der Waals surface area contributed by atoms with Crippen molar-refractivity contribution >= 4 is 11.6 Å². The summed E-state index contributed by atoms with van der Waals surface area (Å²) in [5, 5.41) is 10.1. The smallest absolute Gasteiger partial charge is 0.408 e. The van der Waals surface area contributed by atoms with E-state index in [9.17, 15) is 18.0 Å². The van der Waals surface area contributed by atoms with Crippen LogP contribution in [0.15, 0.2) is 42.9 Å². The highest BCUT2D eigenvalue weighted by atomic mass is 19.4. The first-order valence-corrected chi connectivity index (χ1v) is 8.34. The summed E-state index contributed by atoms with van der Waals surface area (Å²) in [6, 6.07) is 7.33. The zero-order valence-electron chi connectivity index (χ0n) is 15.2. The average molecular weight is 393 g/mol. The fourth-order valence-electron chi connectivity index (χ4n) is 2.45. The molecule has 0 saturated carbocycles. The van der Waals surface area contributed by atoms with Gasteiger partial charge >= 0.3 is 6.18 Å². The quantitative estimate of drug-likeness (QED) is 0.695. The number of anilines is 1. The molecule has 2 heterocycles. The van der Waals surface area contributed by atoms with E-state index in [0.29, 0.717) is 4.68 Å². The molecule has 0 aliphatic rings. The van der Waals surface area contributed by atoms with E-state index in [2.05, 4.69) is 15.5 Å². The fourth-order valence-corrected chi connectivity index (χ4v) is 2.45. The average Bonchev–Trinajstić information content (AvgIpc) is 3.24. The van der Waals surface area contributed by atoms with Gasteiger partial charge in [0.1, 0.15) is 12.3 Å². The maximum Gasteiger partial charge on any atom is 0.408 e. The van der Waals surface area contributed by atoms with Gasteiger partial charge < -0.3 is 10.1 Å². The Morgan fingerprint density at radius 2 is 2.00 bits per heavy atom. The highest BCUT2D eigenvalue weighted by molar-refractivity contribution is 6.02. The SMILES string of the molecule is Cc1ccc(C)c(OCn2ccc(C(=O)Nc3cnn(CC(F)(F)F)c3)n2)c1. The topological polar surface area (TPSA) is 74.0 Å². The number of alkyl halides is 3. The molecule has 148 valence electrons. The molecule has 28 heavy (non-hydrogen) atoms. The van der Waals surface area contributed by atoms with Gasteiger partial charge in [0.05, 0.1) is 11.9 Å². The van der Waals surface area contributed by atoms with Crippen molar-refractivity contribution in [2.75, 3.05) is 5.32 Å². The van der Waals surface area contributed by atoms with Crippen LogP contribution in [0.3, 0.4) is 0 Å². The number of halogens is 3. The summed E-state index contributed by atoms with van der Waals surface area (Å²) < 4.78 is 44.9. The Kier molecular flexibility index (Phi) is 5.39. The number of rotatable bonds is 6. The van der Waals surface area contributed by atoms with E-state index in [1.54, 1.807) is 6.20 Å². The molecule has 1 aromatic carbocycles. The molecule has 1 N–H and O–H groups in total. The number of benzene rings is 1. The fraction of sp³-hybridized carbons (Fsp3) is 0.278. The van der Waals surface area contributed by atoms with E-state index in [0.717, 1.165) is 29.3 Å². The first kappa shape index (κ1) is 19.5. The van der Waals surface area contributed by atoms with Gasteiger partial charge in [-0.2, -0.15) is 23.4 Å². The van der Waals surface area contributed by atoms with Gasteiger partial charge in [0.2, 0.25) is 0 Å². The van der Waals surface area contributed by atoms with E-state index >= 15 is 0 Å². The van der Waals surface area contributed by atoms with Crippen molar-refractivity contribution in [3.05, 3.63) is 59.7 Å². The number of aromatic nitrogens is 4. The van der Waals surface area contributed by atoms with Crippen molar-refractivity contribution in [2.24, 2.45) is 0 Å². The van der Waals surface area contributed by atoms with E-state index in [1.807, 2.05) is 32.0 Å². The number of aryl methyl sites for hydroxylation is 2. The van der Waals surface area contributed by atoms with Gasteiger partial charge in [-0.1, -0.05) is 12.1 Å². The number of hydrogen-bond acceptors (Lipinski definition) is 4. The molecule has 0 radical (unpaired) electrons. The maximum absolute atomic E-state index is 12.4. The third-order valence-electron chi connectivity index (χ3n) is 3.80. The molecule has 3 rings (SSSR count). The lowest BCUT2D eigenvalue weighted by Crippen LogP contribution is -2.18. The van der Waals surface area contributed by atoms with Crippen LogP contribution in [-0.4, -0.2) is 31.6 Å². The molecule has 3 aromatic rings.